The Morgan fingerprint density at radius 3 is 2.84 bits per heavy atom. The van der Waals surface area contributed by atoms with E-state index in [1.54, 1.807) is 25.6 Å². The van der Waals surface area contributed by atoms with Crippen molar-refractivity contribution < 1.29 is 13.5 Å². The quantitative estimate of drug-likeness (QED) is 0.359. The minimum Gasteiger partial charge on any atom is -0.434 e. The molecule has 0 aliphatic carbocycles. The van der Waals surface area contributed by atoms with Crippen LogP contribution in [0.2, 0.25) is 5.02 Å². The fourth-order valence-corrected chi connectivity index (χ4v) is 2.21. The average molecular weight is 486 g/mol. The third kappa shape index (κ3) is 7.43. The molecule has 0 fully saturated rings. The van der Waals surface area contributed by atoms with Gasteiger partial charge in [0, 0.05) is 49.7 Å². The van der Waals surface area contributed by atoms with Gasteiger partial charge in [-0.05, 0) is 18.2 Å². The summed E-state index contributed by atoms with van der Waals surface area (Å²) in [5.41, 5.74) is 0.514. The zero-order valence-electron chi connectivity index (χ0n) is 13.5. The molecule has 0 radical (unpaired) electrons. The van der Waals surface area contributed by atoms with Crippen molar-refractivity contribution in [1.29, 1.82) is 0 Å². The lowest BCUT2D eigenvalue weighted by atomic mass is 10.2. The molecular formula is C15H19ClF2IN5O. The molecule has 0 aliphatic heterocycles. The Labute approximate surface area is 166 Å². The molecule has 0 amide bonds. The Bertz CT molecular complexity index is 670. The van der Waals surface area contributed by atoms with Gasteiger partial charge in [-0.15, -0.1) is 24.0 Å². The SMILES string of the molecule is CN=C(NCCn1ccnc1)NCc1cc(Cl)ccc1OC(F)F.I. The van der Waals surface area contributed by atoms with Crippen LogP contribution in [0, 0.1) is 0 Å². The van der Waals surface area contributed by atoms with Gasteiger partial charge >= 0.3 is 6.61 Å². The molecule has 10 heteroatoms. The lowest BCUT2D eigenvalue weighted by molar-refractivity contribution is -0.0504. The predicted molar refractivity (Wildman–Crippen MR) is 104 cm³/mol. The minimum atomic E-state index is -2.89. The van der Waals surface area contributed by atoms with Gasteiger partial charge in [-0.25, -0.2) is 4.98 Å². The summed E-state index contributed by atoms with van der Waals surface area (Å²) < 4.78 is 31.3. The van der Waals surface area contributed by atoms with Crippen molar-refractivity contribution in [1.82, 2.24) is 20.2 Å². The van der Waals surface area contributed by atoms with E-state index in [1.807, 2.05) is 10.8 Å². The molecule has 2 aromatic rings. The van der Waals surface area contributed by atoms with E-state index in [0.29, 0.717) is 23.1 Å². The highest BCUT2D eigenvalue weighted by atomic mass is 127. The summed E-state index contributed by atoms with van der Waals surface area (Å²) in [6.07, 6.45) is 5.28. The first kappa shape index (κ1) is 21.4. The van der Waals surface area contributed by atoms with Crippen LogP contribution in [0.4, 0.5) is 8.78 Å². The normalized spacial score (nSPS) is 11.2. The smallest absolute Gasteiger partial charge is 0.387 e. The van der Waals surface area contributed by atoms with Crippen LogP contribution in [0.3, 0.4) is 0 Å². The van der Waals surface area contributed by atoms with E-state index in [2.05, 4.69) is 25.3 Å². The van der Waals surface area contributed by atoms with Crippen LogP contribution in [0.5, 0.6) is 5.75 Å². The molecule has 2 rings (SSSR count). The maximum absolute atomic E-state index is 12.4. The molecule has 1 aromatic heterocycles. The van der Waals surface area contributed by atoms with Crippen molar-refractivity contribution in [2.45, 2.75) is 19.7 Å². The number of hydrogen-bond donors (Lipinski definition) is 2. The topological polar surface area (TPSA) is 63.5 Å². The monoisotopic (exact) mass is 485 g/mol. The van der Waals surface area contributed by atoms with Gasteiger partial charge in [-0.1, -0.05) is 11.6 Å². The average Bonchev–Trinajstić information content (AvgIpc) is 3.06. The largest absolute Gasteiger partial charge is 0.434 e. The Balaban J connectivity index is 0.00000312. The second-order valence-corrected chi connectivity index (χ2v) is 5.22. The third-order valence-corrected chi connectivity index (χ3v) is 3.37. The van der Waals surface area contributed by atoms with Crippen molar-refractivity contribution in [3.63, 3.8) is 0 Å². The Morgan fingerprint density at radius 1 is 1.40 bits per heavy atom. The van der Waals surface area contributed by atoms with E-state index in [0.717, 1.165) is 6.54 Å². The lowest BCUT2D eigenvalue weighted by Crippen LogP contribution is -2.38. The van der Waals surface area contributed by atoms with Crippen LogP contribution >= 0.6 is 35.6 Å². The zero-order chi connectivity index (χ0) is 17.4. The van der Waals surface area contributed by atoms with E-state index in [4.69, 9.17) is 11.6 Å². The van der Waals surface area contributed by atoms with Gasteiger partial charge in [0.2, 0.25) is 0 Å². The van der Waals surface area contributed by atoms with Crippen molar-refractivity contribution in [3.05, 3.63) is 47.5 Å². The van der Waals surface area contributed by atoms with Crippen LogP contribution in [-0.2, 0) is 13.1 Å². The number of imidazole rings is 1. The number of halogens is 4. The molecule has 0 atom stereocenters. The van der Waals surface area contributed by atoms with E-state index >= 15 is 0 Å². The number of hydrogen-bond acceptors (Lipinski definition) is 3. The van der Waals surface area contributed by atoms with Gasteiger partial charge in [0.05, 0.1) is 6.33 Å². The van der Waals surface area contributed by atoms with Crippen LogP contribution in [0.1, 0.15) is 5.56 Å². The number of guanidine groups is 1. The highest BCUT2D eigenvalue weighted by molar-refractivity contribution is 14.0. The van der Waals surface area contributed by atoms with E-state index in [1.165, 1.54) is 12.1 Å². The minimum absolute atomic E-state index is 0. The van der Waals surface area contributed by atoms with Crippen LogP contribution < -0.4 is 15.4 Å². The molecule has 0 saturated carbocycles. The van der Waals surface area contributed by atoms with Crippen molar-refractivity contribution in [3.8, 4) is 5.75 Å². The summed E-state index contributed by atoms with van der Waals surface area (Å²) in [6.45, 7) is -1.30. The molecule has 0 unspecified atom stereocenters. The summed E-state index contributed by atoms with van der Waals surface area (Å²) in [6, 6.07) is 4.49. The van der Waals surface area contributed by atoms with Crippen molar-refractivity contribution >= 4 is 41.5 Å². The molecule has 6 nitrogen and oxygen atoms in total. The van der Waals surface area contributed by atoms with Crippen LogP contribution in [0.25, 0.3) is 0 Å². The molecule has 138 valence electrons. The van der Waals surface area contributed by atoms with Crippen molar-refractivity contribution in [2.24, 2.45) is 4.99 Å². The van der Waals surface area contributed by atoms with Gasteiger partial charge < -0.3 is 19.9 Å². The molecule has 0 spiro atoms. The first-order valence-electron chi connectivity index (χ1n) is 7.22. The van der Waals surface area contributed by atoms with Crippen LogP contribution in [-0.4, -0.2) is 35.7 Å². The Kier molecular flexibility index (Phi) is 9.50. The number of aromatic nitrogens is 2. The van der Waals surface area contributed by atoms with Crippen LogP contribution in [0.15, 0.2) is 41.9 Å². The molecule has 0 aliphatic rings. The number of rotatable bonds is 7. The summed E-state index contributed by atoms with van der Waals surface area (Å²) in [7, 11) is 1.63. The summed E-state index contributed by atoms with van der Waals surface area (Å²) in [4.78, 5) is 8.04. The first-order valence-corrected chi connectivity index (χ1v) is 7.60. The molecular weight excluding hydrogens is 467 g/mol. The van der Waals surface area contributed by atoms with Gasteiger partial charge in [0.15, 0.2) is 5.96 Å². The molecule has 0 saturated heterocycles. The van der Waals surface area contributed by atoms with Gasteiger partial charge in [0.1, 0.15) is 5.75 Å². The second kappa shape index (κ2) is 11.1. The fraction of sp³-hybridized carbons (Fsp3) is 0.333. The zero-order valence-corrected chi connectivity index (χ0v) is 16.5. The van der Waals surface area contributed by atoms with E-state index in [-0.39, 0.29) is 36.3 Å². The number of ether oxygens (including phenoxy) is 1. The molecule has 1 aromatic carbocycles. The van der Waals surface area contributed by atoms with E-state index < -0.39 is 6.61 Å². The Morgan fingerprint density at radius 2 is 2.20 bits per heavy atom. The second-order valence-electron chi connectivity index (χ2n) is 4.78. The third-order valence-electron chi connectivity index (χ3n) is 3.13. The van der Waals surface area contributed by atoms with Crippen molar-refractivity contribution in [2.75, 3.05) is 13.6 Å². The molecule has 25 heavy (non-hydrogen) atoms. The van der Waals surface area contributed by atoms with Gasteiger partial charge in [-0.3, -0.25) is 4.99 Å². The highest BCUT2D eigenvalue weighted by Gasteiger charge is 2.11. The lowest BCUT2D eigenvalue weighted by Gasteiger charge is -2.15. The maximum Gasteiger partial charge on any atom is 0.387 e. The molecule has 0 bridgehead atoms. The summed E-state index contributed by atoms with van der Waals surface area (Å²) >= 11 is 5.92. The fourth-order valence-electron chi connectivity index (χ4n) is 2.02. The standard InChI is InChI=1S/C15H18ClF2N5O.HI/c1-19-15(21-5-7-23-6-4-20-10-23)22-9-11-8-12(16)2-3-13(11)24-14(17)18;/h2-4,6,8,10,14H,5,7,9H2,1H3,(H2,19,21,22);1H. The van der Waals surface area contributed by atoms with E-state index in [9.17, 15) is 8.78 Å². The van der Waals surface area contributed by atoms with Gasteiger partial charge in [0.25, 0.3) is 0 Å². The summed E-state index contributed by atoms with van der Waals surface area (Å²) in [5.74, 6) is 0.619. The number of alkyl halides is 2. The number of nitrogens with one attached hydrogen (secondary N) is 2. The first-order chi connectivity index (χ1) is 11.6. The maximum atomic E-state index is 12.4. The predicted octanol–water partition coefficient (Wildman–Crippen LogP) is 3.12. The molecule has 1 heterocycles. The summed E-state index contributed by atoms with van der Waals surface area (Å²) in [5, 5.41) is 6.60. The number of aliphatic imine (C=N–C) groups is 1. The number of nitrogens with zero attached hydrogens (tertiary/aromatic N) is 3. The highest BCUT2D eigenvalue weighted by Crippen LogP contribution is 2.24. The van der Waals surface area contributed by atoms with Gasteiger partial charge in [-0.2, -0.15) is 8.78 Å². The Hall–Kier alpha value is -1.62. The molecule has 2 N–H and O–H groups in total. The number of benzene rings is 1.